The van der Waals surface area contributed by atoms with Crippen LogP contribution in [0.5, 0.6) is 0 Å². The Morgan fingerprint density at radius 3 is 1.58 bits per heavy atom. The molecule has 0 aliphatic carbocycles. The van der Waals surface area contributed by atoms with E-state index in [2.05, 4.69) is 60.7 Å². The van der Waals surface area contributed by atoms with Gasteiger partial charge in [0.1, 0.15) is 5.69 Å². The number of hydrogen-bond donors (Lipinski definition) is 0. The second-order valence-electron chi connectivity index (χ2n) is 7.56. The molecule has 0 amide bonds. The zero-order chi connectivity index (χ0) is 20.8. The van der Waals surface area contributed by atoms with Gasteiger partial charge >= 0.3 is 0 Å². The van der Waals surface area contributed by atoms with Crippen molar-refractivity contribution in [3.8, 4) is 22.4 Å². The maximum absolute atomic E-state index is 6.78. The zero-order valence-corrected chi connectivity index (χ0v) is 17.3. The minimum atomic E-state index is 0.413. The fraction of sp³-hybridized carbons (Fsp3) is 0. The minimum Gasteiger partial charge on any atom is -0.242 e. The predicted molar refractivity (Wildman–Crippen MR) is 130 cm³/mol. The van der Waals surface area contributed by atoms with Gasteiger partial charge in [0.05, 0.1) is 11.0 Å². The van der Waals surface area contributed by atoms with Gasteiger partial charge in [-0.25, -0.2) is 9.97 Å². The molecule has 0 aliphatic heterocycles. The van der Waals surface area contributed by atoms with E-state index in [1.54, 1.807) is 0 Å². The van der Waals surface area contributed by atoms with Crippen molar-refractivity contribution in [2.24, 2.45) is 0 Å². The molecule has 0 radical (unpaired) electrons. The number of aromatic nitrogens is 2. The molecule has 0 fully saturated rings. The van der Waals surface area contributed by atoms with Gasteiger partial charge < -0.3 is 0 Å². The van der Waals surface area contributed by atoms with E-state index in [-0.39, 0.29) is 0 Å². The first-order valence-corrected chi connectivity index (χ1v) is 10.6. The molecule has 0 spiro atoms. The van der Waals surface area contributed by atoms with Crippen LogP contribution in [0, 0.1) is 0 Å². The lowest BCUT2D eigenvalue weighted by molar-refractivity contribution is 1.31. The van der Waals surface area contributed by atoms with E-state index < -0.39 is 0 Å². The normalized spacial score (nSPS) is 11.4. The lowest BCUT2D eigenvalue weighted by atomic mass is 9.97. The lowest BCUT2D eigenvalue weighted by Gasteiger charge is -2.14. The SMILES string of the molecule is Clc1nc2c3ccccc3c3ccccc3c2nc1-c1ccccc1-c1ccccc1. The summed E-state index contributed by atoms with van der Waals surface area (Å²) in [5.74, 6) is 0. The molecule has 5 aromatic carbocycles. The van der Waals surface area contributed by atoms with Crippen LogP contribution in [-0.4, -0.2) is 9.97 Å². The highest BCUT2D eigenvalue weighted by atomic mass is 35.5. The van der Waals surface area contributed by atoms with Gasteiger partial charge in [-0.1, -0.05) is 115 Å². The van der Waals surface area contributed by atoms with E-state index in [1.165, 1.54) is 5.39 Å². The molecule has 31 heavy (non-hydrogen) atoms. The number of halogens is 1. The molecule has 0 bridgehead atoms. The number of benzene rings is 5. The highest BCUT2D eigenvalue weighted by molar-refractivity contribution is 6.33. The molecule has 0 saturated carbocycles. The Kier molecular flexibility index (Phi) is 4.19. The lowest BCUT2D eigenvalue weighted by Crippen LogP contribution is -1.95. The second-order valence-corrected chi connectivity index (χ2v) is 7.92. The summed E-state index contributed by atoms with van der Waals surface area (Å²) in [5.41, 5.74) is 5.60. The summed E-state index contributed by atoms with van der Waals surface area (Å²) in [7, 11) is 0. The average Bonchev–Trinajstić information content (AvgIpc) is 2.84. The maximum Gasteiger partial charge on any atom is 0.156 e. The van der Waals surface area contributed by atoms with Gasteiger partial charge in [-0.3, -0.25) is 0 Å². The van der Waals surface area contributed by atoms with Crippen molar-refractivity contribution in [3.63, 3.8) is 0 Å². The number of rotatable bonds is 2. The van der Waals surface area contributed by atoms with Crippen LogP contribution in [0.1, 0.15) is 0 Å². The third-order valence-corrected chi connectivity index (χ3v) is 6.04. The van der Waals surface area contributed by atoms with Crippen LogP contribution in [-0.2, 0) is 0 Å². The predicted octanol–water partition coefficient (Wildman–Crippen LogP) is 7.92. The summed E-state index contributed by atoms with van der Waals surface area (Å²) >= 11 is 6.78. The first kappa shape index (κ1) is 18.1. The first-order chi connectivity index (χ1) is 15.3. The van der Waals surface area contributed by atoms with Crippen LogP contribution in [0.2, 0.25) is 5.15 Å². The zero-order valence-electron chi connectivity index (χ0n) is 16.6. The minimum absolute atomic E-state index is 0.413. The van der Waals surface area contributed by atoms with Crippen LogP contribution < -0.4 is 0 Å². The molecule has 2 nitrogen and oxygen atoms in total. The average molecular weight is 417 g/mol. The van der Waals surface area contributed by atoms with E-state index in [4.69, 9.17) is 21.6 Å². The van der Waals surface area contributed by atoms with Crippen LogP contribution >= 0.6 is 11.6 Å². The molecular formula is C28H17ClN2. The Hall–Kier alpha value is -3.75. The highest BCUT2D eigenvalue weighted by Crippen LogP contribution is 2.38. The Bertz CT molecular complexity index is 1590. The van der Waals surface area contributed by atoms with Gasteiger partial charge in [-0.15, -0.1) is 0 Å². The Balaban J connectivity index is 1.73. The fourth-order valence-electron chi connectivity index (χ4n) is 4.37. The standard InChI is InChI=1S/C28H17ClN2/c29-28-27(22-15-7-4-12-19(22)18-10-2-1-3-11-18)30-25-23-16-8-5-13-20(23)21-14-6-9-17-24(21)26(25)31-28/h1-17H. The van der Waals surface area contributed by atoms with Crippen molar-refractivity contribution in [1.82, 2.24) is 9.97 Å². The molecule has 0 unspecified atom stereocenters. The van der Waals surface area contributed by atoms with Crippen LogP contribution in [0.3, 0.4) is 0 Å². The molecule has 1 heterocycles. The van der Waals surface area contributed by atoms with Crippen molar-refractivity contribution >= 4 is 44.2 Å². The molecule has 3 heteroatoms. The van der Waals surface area contributed by atoms with Gasteiger partial charge in [0.2, 0.25) is 0 Å². The summed E-state index contributed by atoms with van der Waals surface area (Å²) in [5, 5.41) is 4.89. The van der Waals surface area contributed by atoms with E-state index in [0.717, 1.165) is 43.9 Å². The maximum atomic E-state index is 6.78. The Morgan fingerprint density at radius 2 is 0.935 bits per heavy atom. The first-order valence-electron chi connectivity index (χ1n) is 10.2. The Labute approximate surface area is 184 Å². The molecule has 0 aliphatic rings. The molecule has 0 saturated heterocycles. The number of hydrogen-bond acceptors (Lipinski definition) is 2. The summed E-state index contributed by atoms with van der Waals surface area (Å²) in [4.78, 5) is 9.98. The second kappa shape index (κ2) is 7.19. The van der Waals surface area contributed by atoms with E-state index >= 15 is 0 Å². The smallest absolute Gasteiger partial charge is 0.156 e. The highest BCUT2D eigenvalue weighted by Gasteiger charge is 2.17. The van der Waals surface area contributed by atoms with Crippen molar-refractivity contribution < 1.29 is 0 Å². The summed E-state index contributed by atoms with van der Waals surface area (Å²) in [6, 6.07) is 35.2. The molecule has 146 valence electrons. The molecule has 0 atom stereocenters. The van der Waals surface area contributed by atoms with Crippen molar-refractivity contribution in [2.75, 3.05) is 0 Å². The van der Waals surface area contributed by atoms with Crippen molar-refractivity contribution in [3.05, 3.63) is 108 Å². The third-order valence-electron chi connectivity index (χ3n) is 5.77. The number of nitrogens with zero attached hydrogens (tertiary/aromatic N) is 2. The molecular weight excluding hydrogens is 400 g/mol. The summed E-state index contributed by atoms with van der Waals surface area (Å²) in [6.45, 7) is 0. The molecule has 0 N–H and O–H groups in total. The fourth-order valence-corrected chi connectivity index (χ4v) is 4.60. The van der Waals surface area contributed by atoms with Crippen LogP contribution in [0.25, 0.3) is 55.0 Å². The van der Waals surface area contributed by atoms with E-state index in [9.17, 15) is 0 Å². The van der Waals surface area contributed by atoms with E-state index in [1.807, 2.05) is 42.5 Å². The van der Waals surface area contributed by atoms with Crippen LogP contribution in [0.15, 0.2) is 103 Å². The van der Waals surface area contributed by atoms with Gasteiger partial charge in [0.15, 0.2) is 5.15 Å². The Morgan fingerprint density at radius 1 is 0.452 bits per heavy atom. The molecule has 6 rings (SSSR count). The quantitative estimate of drug-likeness (QED) is 0.268. The summed E-state index contributed by atoms with van der Waals surface area (Å²) < 4.78 is 0. The van der Waals surface area contributed by atoms with Crippen molar-refractivity contribution in [1.29, 1.82) is 0 Å². The third kappa shape index (κ3) is 2.88. The van der Waals surface area contributed by atoms with Gasteiger partial charge in [-0.05, 0) is 21.9 Å². The summed E-state index contributed by atoms with van der Waals surface area (Å²) in [6.07, 6.45) is 0. The molecule has 6 aromatic rings. The monoisotopic (exact) mass is 416 g/mol. The molecule has 1 aromatic heterocycles. The van der Waals surface area contributed by atoms with Gasteiger partial charge in [0.25, 0.3) is 0 Å². The van der Waals surface area contributed by atoms with E-state index in [0.29, 0.717) is 10.8 Å². The van der Waals surface area contributed by atoms with Gasteiger partial charge in [0, 0.05) is 16.3 Å². The van der Waals surface area contributed by atoms with Gasteiger partial charge in [-0.2, -0.15) is 0 Å². The topological polar surface area (TPSA) is 25.8 Å². The number of fused-ring (bicyclic) bond motifs is 6. The van der Waals surface area contributed by atoms with Crippen LogP contribution in [0.4, 0.5) is 0 Å². The largest absolute Gasteiger partial charge is 0.242 e. The van der Waals surface area contributed by atoms with Crippen molar-refractivity contribution in [2.45, 2.75) is 0 Å².